The molecule has 0 aliphatic carbocycles. The standard InChI is InChI=1S/C11H16N2O/c1-14-8-9-6-12-7-10(9)11-4-2-3-5-13-11/h2-5,9-10,12H,6-8H2,1H3. The minimum absolute atomic E-state index is 0.510. The molecule has 0 spiro atoms. The maximum Gasteiger partial charge on any atom is 0.0509 e. The van der Waals surface area contributed by atoms with Crippen LogP contribution in [0.15, 0.2) is 24.4 Å². The molecule has 0 radical (unpaired) electrons. The number of aromatic nitrogens is 1. The molecule has 2 heterocycles. The maximum atomic E-state index is 5.21. The SMILES string of the molecule is COCC1CNCC1c1ccccn1. The van der Waals surface area contributed by atoms with Gasteiger partial charge in [-0.2, -0.15) is 0 Å². The van der Waals surface area contributed by atoms with Gasteiger partial charge in [-0.15, -0.1) is 0 Å². The quantitative estimate of drug-likeness (QED) is 0.776. The molecule has 0 amide bonds. The van der Waals surface area contributed by atoms with Gasteiger partial charge in [0.2, 0.25) is 0 Å². The van der Waals surface area contributed by atoms with Gasteiger partial charge in [-0.3, -0.25) is 4.98 Å². The van der Waals surface area contributed by atoms with Gasteiger partial charge in [-0.25, -0.2) is 0 Å². The number of rotatable bonds is 3. The fraction of sp³-hybridized carbons (Fsp3) is 0.545. The van der Waals surface area contributed by atoms with Gasteiger partial charge < -0.3 is 10.1 Å². The highest BCUT2D eigenvalue weighted by molar-refractivity contribution is 5.13. The van der Waals surface area contributed by atoms with Gasteiger partial charge in [0, 0.05) is 43.9 Å². The second kappa shape index (κ2) is 4.53. The molecule has 2 unspecified atom stereocenters. The lowest BCUT2D eigenvalue weighted by Crippen LogP contribution is -2.17. The zero-order valence-electron chi connectivity index (χ0n) is 8.44. The van der Waals surface area contributed by atoms with Gasteiger partial charge in [-0.1, -0.05) is 6.07 Å². The van der Waals surface area contributed by atoms with Crippen LogP contribution in [0.2, 0.25) is 0 Å². The fourth-order valence-corrected chi connectivity index (χ4v) is 2.06. The molecule has 1 aliphatic rings. The van der Waals surface area contributed by atoms with E-state index in [0.29, 0.717) is 11.8 Å². The van der Waals surface area contributed by atoms with Crippen molar-refractivity contribution in [2.24, 2.45) is 5.92 Å². The lowest BCUT2D eigenvalue weighted by molar-refractivity contribution is 0.152. The van der Waals surface area contributed by atoms with E-state index in [4.69, 9.17) is 4.74 Å². The number of pyridine rings is 1. The van der Waals surface area contributed by atoms with Crippen LogP contribution in [0.5, 0.6) is 0 Å². The van der Waals surface area contributed by atoms with E-state index >= 15 is 0 Å². The lowest BCUT2D eigenvalue weighted by Gasteiger charge is -2.16. The normalized spacial score (nSPS) is 26.6. The van der Waals surface area contributed by atoms with Gasteiger partial charge in [0.1, 0.15) is 0 Å². The first kappa shape index (κ1) is 9.62. The summed E-state index contributed by atoms with van der Waals surface area (Å²) in [6.45, 7) is 2.87. The van der Waals surface area contributed by atoms with Crippen molar-refractivity contribution >= 4 is 0 Å². The Kier molecular flexibility index (Phi) is 3.11. The molecule has 0 bridgehead atoms. The number of hydrogen-bond acceptors (Lipinski definition) is 3. The summed E-state index contributed by atoms with van der Waals surface area (Å²) in [5, 5.41) is 3.39. The minimum atomic E-state index is 0.510. The van der Waals surface area contributed by atoms with Gasteiger partial charge >= 0.3 is 0 Å². The van der Waals surface area contributed by atoms with E-state index in [0.717, 1.165) is 19.7 Å². The van der Waals surface area contributed by atoms with E-state index in [9.17, 15) is 0 Å². The van der Waals surface area contributed by atoms with Gasteiger partial charge in [0.25, 0.3) is 0 Å². The Morgan fingerprint density at radius 1 is 1.50 bits per heavy atom. The van der Waals surface area contributed by atoms with Crippen LogP contribution in [0, 0.1) is 5.92 Å². The Balaban J connectivity index is 2.10. The maximum absolute atomic E-state index is 5.21. The van der Waals surface area contributed by atoms with Crippen LogP contribution < -0.4 is 5.32 Å². The van der Waals surface area contributed by atoms with Crippen molar-refractivity contribution in [3.05, 3.63) is 30.1 Å². The highest BCUT2D eigenvalue weighted by Gasteiger charge is 2.28. The Morgan fingerprint density at radius 3 is 3.14 bits per heavy atom. The molecule has 1 aliphatic heterocycles. The zero-order chi connectivity index (χ0) is 9.80. The molecular formula is C11H16N2O. The van der Waals surface area contributed by atoms with Crippen molar-refractivity contribution in [1.82, 2.24) is 10.3 Å². The first-order valence-electron chi connectivity index (χ1n) is 5.02. The van der Waals surface area contributed by atoms with Crippen molar-refractivity contribution in [2.75, 3.05) is 26.8 Å². The van der Waals surface area contributed by atoms with E-state index in [2.05, 4.69) is 16.4 Å². The van der Waals surface area contributed by atoms with Crippen LogP contribution in [0.4, 0.5) is 0 Å². The highest BCUT2D eigenvalue weighted by atomic mass is 16.5. The van der Waals surface area contributed by atoms with Crippen molar-refractivity contribution in [2.45, 2.75) is 5.92 Å². The van der Waals surface area contributed by atoms with E-state index < -0.39 is 0 Å². The minimum Gasteiger partial charge on any atom is -0.384 e. The van der Waals surface area contributed by atoms with Gasteiger partial charge in [0.05, 0.1) is 6.61 Å². The predicted molar refractivity (Wildman–Crippen MR) is 55.2 cm³/mol. The molecule has 1 aromatic rings. The van der Waals surface area contributed by atoms with E-state index in [1.54, 1.807) is 7.11 Å². The number of methoxy groups -OCH3 is 1. The Bertz CT molecular complexity index is 276. The van der Waals surface area contributed by atoms with E-state index in [1.165, 1.54) is 5.69 Å². The molecule has 2 atom stereocenters. The second-order valence-corrected chi connectivity index (χ2v) is 3.73. The van der Waals surface area contributed by atoms with Gasteiger partial charge in [-0.05, 0) is 12.1 Å². The van der Waals surface area contributed by atoms with Crippen molar-refractivity contribution in [3.63, 3.8) is 0 Å². The fourth-order valence-electron chi connectivity index (χ4n) is 2.06. The summed E-state index contributed by atoms with van der Waals surface area (Å²) in [7, 11) is 1.76. The van der Waals surface area contributed by atoms with Crippen LogP contribution in [-0.2, 0) is 4.74 Å². The number of hydrogen-bond donors (Lipinski definition) is 1. The number of nitrogens with one attached hydrogen (secondary N) is 1. The zero-order valence-corrected chi connectivity index (χ0v) is 8.44. The molecule has 0 saturated carbocycles. The summed E-state index contributed by atoms with van der Waals surface area (Å²) in [6, 6.07) is 6.10. The molecule has 0 aromatic carbocycles. The molecule has 14 heavy (non-hydrogen) atoms. The second-order valence-electron chi connectivity index (χ2n) is 3.73. The largest absolute Gasteiger partial charge is 0.384 e. The monoisotopic (exact) mass is 192 g/mol. The number of nitrogens with zero attached hydrogens (tertiary/aromatic N) is 1. The summed E-state index contributed by atoms with van der Waals surface area (Å²) >= 11 is 0. The van der Waals surface area contributed by atoms with Crippen LogP contribution in [0.3, 0.4) is 0 Å². The predicted octanol–water partition coefficient (Wildman–Crippen LogP) is 1.03. The molecule has 1 N–H and O–H groups in total. The molecule has 3 nitrogen and oxygen atoms in total. The third kappa shape index (κ3) is 1.94. The van der Waals surface area contributed by atoms with Crippen molar-refractivity contribution < 1.29 is 4.74 Å². The van der Waals surface area contributed by atoms with Crippen LogP contribution in [0.1, 0.15) is 11.6 Å². The molecule has 3 heteroatoms. The van der Waals surface area contributed by atoms with E-state index in [-0.39, 0.29) is 0 Å². The lowest BCUT2D eigenvalue weighted by atomic mass is 9.93. The van der Waals surface area contributed by atoms with Crippen molar-refractivity contribution in [1.29, 1.82) is 0 Å². The topological polar surface area (TPSA) is 34.1 Å². The Hall–Kier alpha value is -0.930. The summed E-state index contributed by atoms with van der Waals surface area (Å²) in [6.07, 6.45) is 1.86. The van der Waals surface area contributed by atoms with Gasteiger partial charge in [0.15, 0.2) is 0 Å². The smallest absolute Gasteiger partial charge is 0.0509 e. The molecule has 1 fully saturated rings. The number of ether oxygens (including phenoxy) is 1. The average molecular weight is 192 g/mol. The van der Waals surface area contributed by atoms with Crippen LogP contribution in [0.25, 0.3) is 0 Å². The molecule has 1 saturated heterocycles. The molecule has 1 aromatic heterocycles. The summed E-state index contributed by atoms with van der Waals surface area (Å²) in [5.74, 6) is 1.08. The molecular weight excluding hydrogens is 176 g/mol. The summed E-state index contributed by atoms with van der Waals surface area (Å²) < 4.78 is 5.21. The van der Waals surface area contributed by atoms with E-state index in [1.807, 2.05) is 18.3 Å². The van der Waals surface area contributed by atoms with Crippen molar-refractivity contribution in [3.8, 4) is 0 Å². The molecule has 76 valence electrons. The average Bonchev–Trinajstić information content (AvgIpc) is 2.68. The Morgan fingerprint density at radius 2 is 2.43 bits per heavy atom. The third-order valence-electron chi connectivity index (χ3n) is 2.79. The summed E-state index contributed by atoms with van der Waals surface area (Å²) in [4.78, 5) is 4.40. The highest BCUT2D eigenvalue weighted by Crippen LogP contribution is 2.26. The van der Waals surface area contributed by atoms with Crippen LogP contribution in [-0.4, -0.2) is 31.8 Å². The first-order chi connectivity index (χ1) is 6.92. The third-order valence-corrected chi connectivity index (χ3v) is 2.79. The summed E-state index contributed by atoms with van der Waals surface area (Å²) in [5.41, 5.74) is 1.18. The molecule has 2 rings (SSSR count). The van der Waals surface area contributed by atoms with Crippen LogP contribution >= 0.6 is 0 Å². The first-order valence-corrected chi connectivity index (χ1v) is 5.02. The Labute approximate surface area is 84.5 Å².